The highest BCUT2D eigenvalue weighted by molar-refractivity contribution is 5.83. The Morgan fingerprint density at radius 1 is 1.29 bits per heavy atom. The third-order valence-corrected chi connectivity index (χ3v) is 5.85. The number of amides is 1. The minimum Gasteiger partial charge on any atom is -0.497 e. The number of methoxy groups -OCH3 is 1. The van der Waals surface area contributed by atoms with Crippen molar-refractivity contribution in [2.24, 2.45) is 5.73 Å². The van der Waals surface area contributed by atoms with E-state index in [1.54, 1.807) is 28.7 Å². The molecule has 3 aromatic rings. The number of nitrogens with zero attached hydrogens (tertiary/aromatic N) is 5. The van der Waals surface area contributed by atoms with Crippen LogP contribution in [-0.2, 0) is 16.0 Å². The minimum absolute atomic E-state index is 0.295. The molecule has 1 saturated heterocycles. The second-order valence-corrected chi connectivity index (χ2v) is 8.35. The number of imidazole rings is 1. The van der Waals surface area contributed by atoms with Crippen molar-refractivity contribution in [2.75, 3.05) is 32.7 Å². The van der Waals surface area contributed by atoms with Gasteiger partial charge in [0, 0.05) is 14.1 Å². The van der Waals surface area contributed by atoms with E-state index < -0.39 is 43.0 Å². The van der Waals surface area contributed by atoms with Gasteiger partial charge in [-0.15, -0.1) is 0 Å². The van der Waals surface area contributed by atoms with Crippen LogP contribution < -0.4 is 20.7 Å². The topological polar surface area (TPSA) is 161 Å². The number of carbonyl (C=O) groups excluding carboxylic acids is 1. The first kappa shape index (κ1) is 23.8. The summed E-state index contributed by atoms with van der Waals surface area (Å²) >= 11 is 0. The Morgan fingerprint density at radius 3 is 2.68 bits per heavy atom. The summed E-state index contributed by atoms with van der Waals surface area (Å²) in [6.07, 6.45) is 0.250. The van der Waals surface area contributed by atoms with E-state index in [0.717, 1.165) is 5.56 Å². The lowest BCUT2D eigenvalue weighted by Crippen LogP contribution is -2.53. The van der Waals surface area contributed by atoms with Gasteiger partial charge in [-0.3, -0.25) is 9.36 Å². The van der Waals surface area contributed by atoms with Gasteiger partial charge < -0.3 is 35.6 Å². The van der Waals surface area contributed by atoms with Crippen molar-refractivity contribution >= 4 is 22.9 Å². The second-order valence-electron chi connectivity index (χ2n) is 8.35. The number of nitrogens with one attached hydrogen (secondary N) is 1. The molecule has 2 aromatic heterocycles. The normalized spacial score (nSPS) is 23.1. The van der Waals surface area contributed by atoms with Crippen LogP contribution in [-0.4, -0.2) is 87.7 Å². The molecule has 1 amide bonds. The van der Waals surface area contributed by atoms with Gasteiger partial charge >= 0.3 is 0 Å². The number of carbonyl (C=O) groups is 1. The van der Waals surface area contributed by atoms with E-state index in [-0.39, 0.29) is 0 Å². The highest BCUT2D eigenvalue weighted by atomic mass is 16.5. The van der Waals surface area contributed by atoms with E-state index in [0.29, 0.717) is 29.2 Å². The predicted molar refractivity (Wildman–Crippen MR) is 123 cm³/mol. The van der Waals surface area contributed by atoms with Crippen LogP contribution in [0.15, 0.2) is 36.9 Å². The van der Waals surface area contributed by atoms with Gasteiger partial charge in [-0.05, 0) is 24.1 Å². The first-order valence-corrected chi connectivity index (χ1v) is 10.8. The number of nitrogens with two attached hydrogens (primary N) is 1. The Bertz CT molecular complexity index is 1140. The molecule has 1 aliphatic heterocycles. The number of benzene rings is 1. The SMILES string of the molecule is COc1ccc(C[C@H](N)C(=O)N[C@H]2[C@H](O)[C@H](n3cnc4c(N(C)C)ncnc43)O[C@@H]2CO)cc1. The van der Waals surface area contributed by atoms with E-state index >= 15 is 0 Å². The third-order valence-electron chi connectivity index (χ3n) is 5.85. The Balaban J connectivity index is 1.49. The molecule has 0 saturated carbocycles. The van der Waals surface area contributed by atoms with Gasteiger partial charge in [0.05, 0.1) is 32.1 Å². The van der Waals surface area contributed by atoms with Crippen LogP contribution in [0.5, 0.6) is 5.75 Å². The molecule has 34 heavy (non-hydrogen) atoms. The van der Waals surface area contributed by atoms with Gasteiger partial charge in [0.15, 0.2) is 23.2 Å². The van der Waals surface area contributed by atoms with Gasteiger partial charge in [-0.1, -0.05) is 12.1 Å². The van der Waals surface area contributed by atoms with Crippen molar-refractivity contribution in [2.45, 2.75) is 36.9 Å². The van der Waals surface area contributed by atoms with E-state index in [2.05, 4.69) is 20.3 Å². The Morgan fingerprint density at radius 2 is 2.03 bits per heavy atom. The van der Waals surface area contributed by atoms with E-state index in [1.807, 2.05) is 26.2 Å². The highest BCUT2D eigenvalue weighted by Gasteiger charge is 2.46. The van der Waals surface area contributed by atoms with Crippen molar-refractivity contribution in [1.29, 1.82) is 0 Å². The zero-order valence-corrected chi connectivity index (χ0v) is 19.2. The summed E-state index contributed by atoms with van der Waals surface area (Å²) in [5.41, 5.74) is 7.98. The number of aromatic nitrogens is 4. The molecule has 12 nitrogen and oxygen atoms in total. The van der Waals surface area contributed by atoms with Gasteiger partial charge in [0.25, 0.3) is 0 Å². The number of aliphatic hydroxyl groups is 2. The van der Waals surface area contributed by atoms with Crippen molar-refractivity contribution < 1.29 is 24.5 Å². The molecular formula is C22H29N7O5. The molecule has 1 fully saturated rings. The lowest BCUT2D eigenvalue weighted by atomic mass is 10.0. The van der Waals surface area contributed by atoms with Crippen LogP contribution in [0.1, 0.15) is 11.8 Å². The van der Waals surface area contributed by atoms with E-state index in [1.165, 1.54) is 12.7 Å². The van der Waals surface area contributed by atoms with Crippen molar-refractivity contribution in [3.05, 3.63) is 42.5 Å². The fourth-order valence-corrected chi connectivity index (χ4v) is 4.04. The quantitative estimate of drug-likeness (QED) is 0.328. The van der Waals surface area contributed by atoms with Gasteiger partial charge in [0.2, 0.25) is 5.91 Å². The number of hydrogen-bond acceptors (Lipinski definition) is 10. The highest BCUT2D eigenvalue weighted by Crippen LogP contribution is 2.32. The average Bonchev–Trinajstić information content (AvgIpc) is 3.40. The summed E-state index contributed by atoms with van der Waals surface area (Å²) < 4.78 is 12.6. The van der Waals surface area contributed by atoms with E-state index in [4.69, 9.17) is 15.2 Å². The summed E-state index contributed by atoms with van der Waals surface area (Å²) in [4.78, 5) is 27.5. The maximum absolute atomic E-state index is 12.8. The standard InChI is InChI=1S/C22H29N7O5/c1-28(2)19-17-20(25-10-24-19)29(11-26-17)22-18(31)16(15(9-30)34-22)27-21(32)14(23)8-12-4-6-13(33-3)7-5-12/h4-7,10-11,14-16,18,22,30-31H,8-9,23H2,1-3H3,(H,27,32)/t14-,15+,16+,18-,22+/m0/s1. The number of rotatable bonds is 8. The number of aliphatic hydroxyl groups excluding tert-OH is 2. The predicted octanol–water partition coefficient (Wildman–Crippen LogP) is -0.794. The number of ether oxygens (including phenoxy) is 2. The van der Waals surface area contributed by atoms with Crippen LogP contribution in [0.3, 0.4) is 0 Å². The number of hydrogen-bond donors (Lipinski definition) is 4. The molecule has 1 aromatic carbocycles. The lowest BCUT2D eigenvalue weighted by Gasteiger charge is -2.23. The monoisotopic (exact) mass is 471 g/mol. The molecule has 4 rings (SSSR count). The molecule has 5 atom stereocenters. The lowest BCUT2D eigenvalue weighted by molar-refractivity contribution is -0.124. The van der Waals surface area contributed by atoms with Gasteiger partial charge in [-0.25, -0.2) is 15.0 Å². The van der Waals surface area contributed by atoms with Crippen LogP contribution >= 0.6 is 0 Å². The molecule has 0 aliphatic carbocycles. The van der Waals surface area contributed by atoms with Crippen LogP contribution in [0, 0.1) is 0 Å². The van der Waals surface area contributed by atoms with Gasteiger partial charge in [0.1, 0.15) is 24.3 Å². The Hall–Kier alpha value is -3.32. The molecule has 0 radical (unpaired) electrons. The zero-order chi connectivity index (χ0) is 24.4. The molecule has 0 spiro atoms. The molecule has 0 unspecified atom stereocenters. The second kappa shape index (κ2) is 9.89. The average molecular weight is 472 g/mol. The van der Waals surface area contributed by atoms with Crippen molar-refractivity contribution in [1.82, 2.24) is 24.8 Å². The first-order chi connectivity index (χ1) is 16.3. The van der Waals surface area contributed by atoms with Crippen molar-refractivity contribution in [3.8, 4) is 5.75 Å². The molecule has 5 N–H and O–H groups in total. The molecule has 12 heteroatoms. The summed E-state index contributed by atoms with van der Waals surface area (Å²) in [5, 5.41) is 23.6. The zero-order valence-electron chi connectivity index (χ0n) is 19.2. The first-order valence-electron chi connectivity index (χ1n) is 10.8. The molecule has 0 bridgehead atoms. The van der Waals surface area contributed by atoms with Crippen LogP contribution in [0.25, 0.3) is 11.2 Å². The third kappa shape index (κ3) is 4.53. The maximum Gasteiger partial charge on any atom is 0.237 e. The van der Waals surface area contributed by atoms with Crippen LogP contribution in [0.4, 0.5) is 5.82 Å². The molecule has 182 valence electrons. The molecule has 1 aliphatic rings. The smallest absolute Gasteiger partial charge is 0.237 e. The van der Waals surface area contributed by atoms with E-state index in [9.17, 15) is 15.0 Å². The molecule has 3 heterocycles. The summed E-state index contributed by atoms with van der Waals surface area (Å²) in [6.45, 7) is -0.406. The number of fused-ring (bicyclic) bond motifs is 1. The molecular weight excluding hydrogens is 442 g/mol. The maximum atomic E-state index is 12.8. The summed E-state index contributed by atoms with van der Waals surface area (Å²) in [7, 11) is 5.25. The fraction of sp³-hybridized carbons (Fsp3) is 0.455. The summed E-state index contributed by atoms with van der Waals surface area (Å²) in [6, 6.07) is 5.52. The number of anilines is 1. The Labute approximate surface area is 196 Å². The Kier molecular flexibility index (Phi) is 6.93. The summed E-state index contributed by atoms with van der Waals surface area (Å²) in [5.74, 6) is 0.861. The fourth-order valence-electron chi connectivity index (χ4n) is 4.04. The van der Waals surface area contributed by atoms with Crippen LogP contribution in [0.2, 0.25) is 0 Å². The van der Waals surface area contributed by atoms with Gasteiger partial charge in [-0.2, -0.15) is 0 Å². The largest absolute Gasteiger partial charge is 0.497 e. The minimum atomic E-state index is -1.18. The van der Waals surface area contributed by atoms with Crippen molar-refractivity contribution in [3.63, 3.8) is 0 Å².